The van der Waals surface area contributed by atoms with E-state index in [2.05, 4.69) is 55.4 Å². The Morgan fingerprint density at radius 2 is 1.97 bits per heavy atom. The van der Waals surface area contributed by atoms with Crippen LogP contribution in [0, 0.1) is 0 Å². The van der Waals surface area contributed by atoms with E-state index in [-0.39, 0.29) is 6.04 Å². The zero-order valence-corrected chi connectivity index (χ0v) is 19.1. The number of allylic oxidation sites excluding steroid dienone is 5. The number of fused-ring (bicyclic) bond motifs is 1. The molecule has 0 N–H and O–H groups in total. The second-order valence-corrected chi connectivity index (χ2v) is 8.84. The third-order valence-corrected chi connectivity index (χ3v) is 6.43. The summed E-state index contributed by atoms with van der Waals surface area (Å²) in [6, 6.07) is 0.280. The van der Waals surface area contributed by atoms with Gasteiger partial charge in [0.2, 0.25) is 0 Å². The summed E-state index contributed by atoms with van der Waals surface area (Å²) in [5.74, 6) is 2.81. The molecule has 0 bridgehead atoms. The van der Waals surface area contributed by atoms with Gasteiger partial charge in [0, 0.05) is 26.1 Å². The van der Waals surface area contributed by atoms with Crippen LogP contribution in [0.5, 0.6) is 0 Å². The molecule has 0 saturated carbocycles. The van der Waals surface area contributed by atoms with Crippen LogP contribution in [0.1, 0.15) is 85.0 Å². The Kier molecular flexibility index (Phi) is 8.20. The molecule has 2 heterocycles. The molecule has 0 aromatic carbocycles. The highest BCUT2D eigenvalue weighted by molar-refractivity contribution is 5.84. The molecule has 0 aromatic rings. The van der Waals surface area contributed by atoms with Crippen LogP contribution >= 0.6 is 0 Å². The topological polar surface area (TPSA) is 18.8 Å². The van der Waals surface area contributed by atoms with Gasteiger partial charge < -0.3 is 9.80 Å². The second-order valence-electron chi connectivity index (χ2n) is 8.84. The van der Waals surface area contributed by atoms with Crippen LogP contribution in [0.25, 0.3) is 0 Å². The minimum absolute atomic E-state index is 0.280. The van der Waals surface area contributed by atoms with Crippen LogP contribution < -0.4 is 0 Å². The quantitative estimate of drug-likeness (QED) is 0.357. The van der Waals surface area contributed by atoms with E-state index in [4.69, 9.17) is 4.99 Å². The van der Waals surface area contributed by atoms with E-state index in [0.717, 1.165) is 45.1 Å². The molecule has 160 valence electrons. The van der Waals surface area contributed by atoms with Gasteiger partial charge in [0.15, 0.2) is 0 Å². The summed E-state index contributed by atoms with van der Waals surface area (Å²) in [4.78, 5) is 10.5. The molecule has 1 atom stereocenters. The summed E-state index contributed by atoms with van der Waals surface area (Å²) < 4.78 is 0. The smallest absolute Gasteiger partial charge is 0.108 e. The van der Waals surface area contributed by atoms with Gasteiger partial charge in [-0.3, -0.25) is 4.99 Å². The first-order valence-corrected chi connectivity index (χ1v) is 12.0. The van der Waals surface area contributed by atoms with Gasteiger partial charge in [-0.1, -0.05) is 38.7 Å². The fourth-order valence-electron chi connectivity index (χ4n) is 4.95. The Morgan fingerprint density at radius 3 is 2.69 bits per heavy atom. The van der Waals surface area contributed by atoms with E-state index in [9.17, 15) is 0 Å². The van der Waals surface area contributed by atoms with Crippen molar-refractivity contribution in [2.75, 3.05) is 19.6 Å². The number of hydrogen-bond donors (Lipinski definition) is 0. The number of rotatable bonds is 7. The first-order chi connectivity index (χ1) is 14.1. The van der Waals surface area contributed by atoms with E-state index in [1.807, 2.05) is 0 Å². The molecule has 3 nitrogen and oxygen atoms in total. The van der Waals surface area contributed by atoms with Gasteiger partial charge in [0.05, 0.1) is 6.04 Å². The molecule has 3 rings (SSSR count). The lowest BCUT2D eigenvalue weighted by Gasteiger charge is -2.42. The first kappa shape index (κ1) is 21.9. The summed E-state index contributed by atoms with van der Waals surface area (Å²) in [6.07, 6.45) is 18.4. The molecule has 1 saturated heterocycles. The van der Waals surface area contributed by atoms with Crippen LogP contribution in [0.2, 0.25) is 0 Å². The minimum Gasteiger partial charge on any atom is -0.358 e. The standard InChI is InChI=1S/C26H41N3/c1-5-13-25(27-22(4)20-21(3)24-15-8-7-9-16-24)29-19-12-18-28-17-11-10-14-23(6-2)26(28)29/h7-8,15,22H,3,5-6,9-14,16-20H2,1-2,4H3/b27-25+. The molecule has 0 aromatic heterocycles. The molecule has 0 radical (unpaired) electrons. The fraction of sp³-hybridized carbons (Fsp3) is 0.654. The Labute approximate surface area is 179 Å². The fourth-order valence-corrected chi connectivity index (χ4v) is 4.95. The maximum Gasteiger partial charge on any atom is 0.108 e. The van der Waals surface area contributed by atoms with Crippen LogP contribution in [0.3, 0.4) is 0 Å². The lowest BCUT2D eigenvalue weighted by atomic mass is 9.94. The Morgan fingerprint density at radius 1 is 1.14 bits per heavy atom. The van der Waals surface area contributed by atoms with E-state index >= 15 is 0 Å². The van der Waals surface area contributed by atoms with Crippen molar-refractivity contribution in [1.29, 1.82) is 0 Å². The summed E-state index contributed by atoms with van der Waals surface area (Å²) >= 11 is 0. The molecular weight excluding hydrogens is 354 g/mol. The highest BCUT2D eigenvalue weighted by Gasteiger charge is 2.29. The Bertz CT molecular complexity index is 695. The summed E-state index contributed by atoms with van der Waals surface area (Å²) in [5.41, 5.74) is 4.32. The van der Waals surface area contributed by atoms with Crippen molar-refractivity contribution in [3.63, 3.8) is 0 Å². The van der Waals surface area contributed by atoms with Crippen LogP contribution in [-0.2, 0) is 0 Å². The van der Waals surface area contributed by atoms with Gasteiger partial charge in [-0.25, -0.2) is 0 Å². The van der Waals surface area contributed by atoms with Gasteiger partial charge in [-0.2, -0.15) is 0 Å². The average molecular weight is 396 g/mol. The first-order valence-electron chi connectivity index (χ1n) is 12.0. The van der Waals surface area contributed by atoms with Crippen molar-refractivity contribution >= 4 is 5.84 Å². The molecular formula is C26H41N3. The van der Waals surface area contributed by atoms with E-state index in [0.29, 0.717) is 0 Å². The number of nitrogens with zero attached hydrogens (tertiary/aromatic N) is 3. The third kappa shape index (κ3) is 5.65. The monoisotopic (exact) mass is 395 g/mol. The zero-order chi connectivity index (χ0) is 20.6. The van der Waals surface area contributed by atoms with Crippen molar-refractivity contribution in [3.05, 3.63) is 47.3 Å². The molecule has 1 fully saturated rings. The molecule has 0 spiro atoms. The number of amidine groups is 1. The molecule has 3 heteroatoms. The predicted molar refractivity (Wildman–Crippen MR) is 126 cm³/mol. The maximum absolute atomic E-state index is 5.29. The zero-order valence-electron chi connectivity index (χ0n) is 19.1. The molecule has 0 amide bonds. The highest BCUT2D eigenvalue weighted by Crippen LogP contribution is 2.31. The van der Waals surface area contributed by atoms with Gasteiger partial charge in [0.25, 0.3) is 0 Å². The summed E-state index contributed by atoms with van der Waals surface area (Å²) in [5, 5.41) is 0. The van der Waals surface area contributed by atoms with Crippen LogP contribution in [-0.4, -0.2) is 41.3 Å². The molecule has 1 aliphatic carbocycles. The van der Waals surface area contributed by atoms with Crippen molar-refractivity contribution in [2.24, 2.45) is 4.99 Å². The van der Waals surface area contributed by atoms with Gasteiger partial charge >= 0.3 is 0 Å². The van der Waals surface area contributed by atoms with E-state index in [1.54, 1.807) is 5.57 Å². The van der Waals surface area contributed by atoms with Crippen molar-refractivity contribution in [2.45, 2.75) is 91.0 Å². The predicted octanol–water partition coefficient (Wildman–Crippen LogP) is 6.61. The lowest BCUT2D eigenvalue weighted by Crippen LogP contribution is -2.46. The molecule has 1 unspecified atom stereocenters. The van der Waals surface area contributed by atoms with Gasteiger partial charge in [-0.05, 0) is 81.4 Å². The normalized spacial score (nSPS) is 21.6. The largest absolute Gasteiger partial charge is 0.358 e. The minimum atomic E-state index is 0.280. The molecule has 29 heavy (non-hydrogen) atoms. The van der Waals surface area contributed by atoms with Crippen molar-refractivity contribution in [3.8, 4) is 0 Å². The van der Waals surface area contributed by atoms with E-state index in [1.165, 1.54) is 61.6 Å². The van der Waals surface area contributed by atoms with Crippen molar-refractivity contribution < 1.29 is 0 Å². The van der Waals surface area contributed by atoms with Crippen LogP contribution in [0.15, 0.2) is 52.3 Å². The second kappa shape index (κ2) is 10.8. The highest BCUT2D eigenvalue weighted by atomic mass is 15.4. The maximum atomic E-state index is 5.29. The SMILES string of the molecule is C=C(CC(C)/N=C(\CCC)N1CCCN2CCCCC(CC)=C21)C1=CC=CCC1. The lowest BCUT2D eigenvalue weighted by molar-refractivity contribution is 0.209. The van der Waals surface area contributed by atoms with Gasteiger partial charge in [-0.15, -0.1) is 0 Å². The molecule has 2 aliphatic heterocycles. The molecule has 3 aliphatic rings. The Balaban J connectivity index is 1.81. The summed E-state index contributed by atoms with van der Waals surface area (Å²) in [6.45, 7) is 14.8. The number of aliphatic imine (C=N–C) groups is 1. The van der Waals surface area contributed by atoms with Gasteiger partial charge in [0.1, 0.15) is 11.7 Å². The van der Waals surface area contributed by atoms with Crippen LogP contribution in [0.4, 0.5) is 0 Å². The third-order valence-electron chi connectivity index (χ3n) is 6.43. The van der Waals surface area contributed by atoms with Crippen molar-refractivity contribution in [1.82, 2.24) is 9.80 Å². The average Bonchev–Trinajstić information content (AvgIpc) is 2.96. The summed E-state index contributed by atoms with van der Waals surface area (Å²) in [7, 11) is 0. The number of hydrogen-bond acceptors (Lipinski definition) is 2. The Hall–Kier alpha value is -1.77. The van der Waals surface area contributed by atoms with E-state index < -0.39 is 0 Å².